The van der Waals surface area contributed by atoms with E-state index in [1.807, 2.05) is 30.3 Å². The van der Waals surface area contributed by atoms with Gasteiger partial charge in [0.05, 0.1) is 11.9 Å². The van der Waals surface area contributed by atoms with Crippen LogP contribution < -0.4 is 10.1 Å². The third-order valence-electron chi connectivity index (χ3n) is 3.22. The Bertz CT molecular complexity index is 658. The zero-order valence-corrected chi connectivity index (χ0v) is 12.5. The minimum atomic E-state index is -0.0797. The van der Waals surface area contributed by atoms with Gasteiger partial charge >= 0.3 is 0 Å². The van der Waals surface area contributed by atoms with Crippen molar-refractivity contribution >= 4 is 28.8 Å². The van der Waals surface area contributed by atoms with Crippen molar-refractivity contribution in [2.75, 3.05) is 5.32 Å². The smallest absolute Gasteiger partial charge is 0.156 e. The van der Waals surface area contributed by atoms with E-state index >= 15 is 0 Å². The number of fused-ring (bicyclic) bond motifs is 1. The number of nitrogens with one attached hydrogen (secondary N) is 1. The maximum Gasteiger partial charge on any atom is 0.156 e. The Morgan fingerprint density at radius 3 is 3.00 bits per heavy atom. The van der Waals surface area contributed by atoms with Gasteiger partial charge in [-0.05, 0) is 36.8 Å². The summed E-state index contributed by atoms with van der Waals surface area (Å²) in [5, 5.41) is 3.94. The minimum absolute atomic E-state index is 0.0797. The first-order chi connectivity index (χ1) is 10.3. The number of aliphatic imine (C=N–C) groups is 1. The van der Waals surface area contributed by atoms with E-state index in [0.29, 0.717) is 5.02 Å². The molecule has 0 fully saturated rings. The standard InChI is InChI=1S/C16H16ClN3O/c1-2-4-15-16(19-12-5-3-8-18-10-12)20-13-9-11(17)6-7-14(13)21-15/h3,5-10,15H,2,4H2,1H3,(H,19,20)/t15-/m1/s1. The van der Waals surface area contributed by atoms with E-state index in [1.165, 1.54) is 0 Å². The Kier molecular flexibility index (Phi) is 4.06. The molecule has 0 saturated carbocycles. The van der Waals surface area contributed by atoms with Crippen LogP contribution in [0.1, 0.15) is 19.8 Å². The molecule has 1 atom stereocenters. The second-order valence-corrected chi connectivity index (χ2v) is 5.31. The van der Waals surface area contributed by atoms with E-state index in [0.717, 1.165) is 35.8 Å². The highest BCUT2D eigenvalue weighted by molar-refractivity contribution is 6.31. The van der Waals surface area contributed by atoms with Crippen LogP contribution in [0, 0.1) is 0 Å². The molecule has 0 unspecified atom stereocenters. The molecule has 0 amide bonds. The first-order valence-electron chi connectivity index (χ1n) is 6.98. The molecule has 2 heterocycles. The summed E-state index contributed by atoms with van der Waals surface area (Å²) in [6.45, 7) is 2.13. The number of anilines is 1. The lowest BCUT2D eigenvalue weighted by atomic mass is 10.1. The predicted octanol–water partition coefficient (Wildman–Crippen LogP) is 4.44. The number of pyridine rings is 1. The average molecular weight is 302 g/mol. The van der Waals surface area contributed by atoms with E-state index in [1.54, 1.807) is 12.4 Å². The van der Waals surface area contributed by atoms with Crippen LogP contribution in [-0.4, -0.2) is 16.9 Å². The van der Waals surface area contributed by atoms with Gasteiger partial charge in [0.1, 0.15) is 17.3 Å². The quantitative estimate of drug-likeness (QED) is 0.911. The van der Waals surface area contributed by atoms with Gasteiger partial charge in [0, 0.05) is 11.2 Å². The summed E-state index contributed by atoms with van der Waals surface area (Å²) < 4.78 is 6.04. The first kappa shape index (κ1) is 13.9. The Morgan fingerprint density at radius 1 is 1.33 bits per heavy atom. The van der Waals surface area contributed by atoms with Gasteiger partial charge in [-0.2, -0.15) is 0 Å². The van der Waals surface area contributed by atoms with Gasteiger partial charge in [-0.3, -0.25) is 4.98 Å². The van der Waals surface area contributed by atoms with Crippen LogP contribution in [0.4, 0.5) is 11.4 Å². The number of hydrogen-bond acceptors (Lipinski definition) is 4. The summed E-state index contributed by atoms with van der Waals surface area (Å²) in [6, 6.07) is 9.32. The largest absolute Gasteiger partial charge is 0.480 e. The van der Waals surface area contributed by atoms with E-state index in [9.17, 15) is 0 Å². The second kappa shape index (κ2) is 6.14. The van der Waals surface area contributed by atoms with Gasteiger partial charge in [0.15, 0.2) is 6.10 Å². The molecule has 5 heteroatoms. The number of benzene rings is 1. The zero-order chi connectivity index (χ0) is 14.7. The molecule has 0 aliphatic carbocycles. The lowest BCUT2D eigenvalue weighted by Crippen LogP contribution is -2.35. The highest BCUT2D eigenvalue weighted by Crippen LogP contribution is 2.35. The molecule has 21 heavy (non-hydrogen) atoms. The van der Waals surface area contributed by atoms with Gasteiger partial charge < -0.3 is 10.1 Å². The van der Waals surface area contributed by atoms with Crippen molar-refractivity contribution in [3.8, 4) is 5.75 Å². The Labute approximate surface area is 128 Å². The molecular formula is C16H16ClN3O. The average Bonchev–Trinajstić information content (AvgIpc) is 2.49. The SMILES string of the molecule is CCC[C@H]1Oc2ccc(Cl)cc2N=C1Nc1cccnc1. The van der Waals surface area contributed by atoms with E-state index in [2.05, 4.69) is 22.2 Å². The molecule has 3 rings (SSSR count). The summed E-state index contributed by atoms with van der Waals surface area (Å²) >= 11 is 6.03. The van der Waals surface area contributed by atoms with Crippen LogP contribution >= 0.6 is 11.6 Å². The highest BCUT2D eigenvalue weighted by atomic mass is 35.5. The molecule has 0 radical (unpaired) electrons. The minimum Gasteiger partial charge on any atom is -0.480 e. The topological polar surface area (TPSA) is 46.5 Å². The van der Waals surface area contributed by atoms with Gasteiger partial charge in [-0.25, -0.2) is 4.99 Å². The highest BCUT2D eigenvalue weighted by Gasteiger charge is 2.24. The fourth-order valence-corrected chi connectivity index (χ4v) is 2.41. The fourth-order valence-electron chi connectivity index (χ4n) is 2.24. The maximum atomic E-state index is 6.04. The van der Waals surface area contributed by atoms with Crippen LogP contribution in [0.2, 0.25) is 5.02 Å². The third-order valence-corrected chi connectivity index (χ3v) is 3.46. The van der Waals surface area contributed by atoms with Crippen molar-refractivity contribution in [2.24, 2.45) is 4.99 Å². The maximum absolute atomic E-state index is 6.04. The van der Waals surface area contributed by atoms with Gasteiger partial charge in [0.25, 0.3) is 0 Å². The van der Waals surface area contributed by atoms with Crippen molar-refractivity contribution in [3.05, 3.63) is 47.7 Å². The van der Waals surface area contributed by atoms with Crippen LogP contribution in [0.5, 0.6) is 5.75 Å². The van der Waals surface area contributed by atoms with Gasteiger partial charge in [-0.1, -0.05) is 24.9 Å². The number of aromatic nitrogens is 1. The normalized spacial score (nSPS) is 16.7. The number of amidine groups is 1. The van der Waals surface area contributed by atoms with Crippen molar-refractivity contribution < 1.29 is 4.74 Å². The van der Waals surface area contributed by atoms with Crippen LogP contribution in [0.15, 0.2) is 47.7 Å². The molecule has 0 saturated heterocycles. The summed E-state index contributed by atoms with van der Waals surface area (Å²) in [6.07, 6.45) is 5.33. The van der Waals surface area contributed by atoms with Crippen LogP contribution in [0.3, 0.4) is 0 Å². The Hall–Kier alpha value is -2.07. The summed E-state index contributed by atoms with van der Waals surface area (Å²) in [5.74, 6) is 1.56. The molecule has 2 aromatic rings. The van der Waals surface area contributed by atoms with E-state index in [4.69, 9.17) is 16.3 Å². The van der Waals surface area contributed by atoms with E-state index < -0.39 is 0 Å². The van der Waals surface area contributed by atoms with Gasteiger partial charge in [0.2, 0.25) is 0 Å². The summed E-state index contributed by atoms with van der Waals surface area (Å²) in [5.41, 5.74) is 1.65. The molecule has 1 N–H and O–H groups in total. The zero-order valence-electron chi connectivity index (χ0n) is 11.7. The Morgan fingerprint density at radius 2 is 2.24 bits per heavy atom. The van der Waals surface area contributed by atoms with Crippen LogP contribution in [-0.2, 0) is 0 Å². The number of rotatable bonds is 3. The van der Waals surface area contributed by atoms with Crippen molar-refractivity contribution in [1.29, 1.82) is 0 Å². The lowest BCUT2D eigenvalue weighted by molar-refractivity contribution is 0.251. The van der Waals surface area contributed by atoms with Crippen molar-refractivity contribution in [2.45, 2.75) is 25.9 Å². The molecule has 1 aliphatic rings. The Balaban J connectivity index is 1.93. The molecule has 0 bridgehead atoms. The molecule has 0 spiro atoms. The molecular weight excluding hydrogens is 286 g/mol. The monoisotopic (exact) mass is 301 g/mol. The molecule has 1 aliphatic heterocycles. The summed E-state index contributed by atoms with van der Waals surface area (Å²) in [4.78, 5) is 8.77. The van der Waals surface area contributed by atoms with E-state index in [-0.39, 0.29) is 6.10 Å². The molecule has 4 nitrogen and oxygen atoms in total. The third kappa shape index (κ3) is 3.16. The van der Waals surface area contributed by atoms with Gasteiger partial charge in [-0.15, -0.1) is 0 Å². The first-order valence-corrected chi connectivity index (χ1v) is 7.36. The van der Waals surface area contributed by atoms with Crippen LogP contribution in [0.25, 0.3) is 0 Å². The van der Waals surface area contributed by atoms with Crippen molar-refractivity contribution in [1.82, 2.24) is 4.98 Å². The number of halogens is 1. The fraction of sp³-hybridized carbons (Fsp3) is 0.250. The second-order valence-electron chi connectivity index (χ2n) is 4.87. The number of ether oxygens (including phenoxy) is 1. The van der Waals surface area contributed by atoms with Crippen molar-refractivity contribution in [3.63, 3.8) is 0 Å². The molecule has 108 valence electrons. The predicted molar refractivity (Wildman–Crippen MR) is 85.7 cm³/mol. The molecule has 1 aromatic heterocycles. The number of hydrogen-bond donors (Lipinski definition) is 1. The number of nitrogens with zero attached hydrogens (tertiary/aromatic N) is 2. The lowest BCUT2D eigenvalue weighted by Gasteiger charge is -2.26. The summed E-state index contributed by atoms with van der Waals surface area (Å²) in [7, 11) is 0. The molecule has 1 aromatic carbocycles.